The van der Waals surface area contributed by atoms with Gasteiger partial charge in [0.2, 0.25) is 0 Å². The number of para-hydroxylation sites is 1. The van der Waals surface area contributed by atoms with E-state index < -0.39 is 0 Å². The Labute approximate surface area is 146 Å². The molecule has 2 heterocycles. The minimum absolute atomic E-state index is 0.0561. The van der Waals surface area contributed by atoms with Crippen LogP contribution in [0.3, 0.4) is 0 Å². The summed E-state index contributed by atoms with van der Waals surface area (Å²) in [4.78, 5) is 14.9. The van der Waals surface area contributed by atoms with Crippen molar-refractivity contribution in [3.8, 4) is 0 Å². The monoisotopic (exact) mass is 342 g/mol. The van der Waals surface area contributed by atoms with Gasteiger partial charge in [-0.25, -0.2) is 0 Å². The van der Waals surface area contributed by atoms with E-state index in [0.717, 1.165) is 35.5 Å². The van der Waals surface area contributed by atoms with E-state index >= 15 is 0 Å². The lowest BCUT2D eigenvalue weighted by atomic mass is 10.1. The number of nitrogens with zero attached hydrogens (tertiary/aromatic N) is 1. The molecule has 1 aromatic carbocycles. The van der Waals surface area contributed by atoms with Gasteiger partial charge in [0.25, 0.3) is 5.91 Å². The summed E-state index contributed by atoms with van der Waals surface area (Å²) in [6.07, 6.45) is 6.13. The first-order valence-corrected chi connectivity index (χ1v) is 9.03. The zero-order chi connectivity index (χ0) is 16.8. The summed E-state index contributed by atoms with van der Waals surface area (Å²) in [6, 6.07) is 11.9. The molecule has 0 saturated carbocycles. The Morgan fingerprint density at radius 2 is 2.21 bits per heavy atom. The SMILES string of the molecule is CN(Cc1ccccc1NCC1CCC=CO1)C(=O)c1cccs1. The molecular weight excluding hydrogens is 320 g/mol. The lowest BCUT2D eigenvalue weighted by molar-refractivity contribution is 0.0790. The summed E-state index contributed by atoms with van der Waals surface area (Å²) in [7, 11) is 1.84. The van der Waals surface area contributed by atoms with Crippen molar-refractivity contribution < 1.29 is 9.53 Å². The fourth-order valence-corrected chi connectivity index (χ4v) is 3.42. The van der Waals surface area contributed by atoms with Gasteiger partial charge in [0.15, 0.2) is 0 Å². The molecule has 1 aliphatic heterocycles. The topological polar surface area (TPSA) is 41.6 Å². The number of carbonyl (C=O) groups excluding carboxylic acids is 1. The van der Waals surface area contributed by atoms with Crippen LogP contribution in [0.25, 0.3) is 0 Å². The molecule has 5 heteroatoms. The average Bonchev–Trinajstić information content (AvgIpc) is 3.16. The molecule has 0 saturated heterocycles. The Morgan fingerprint density at radius 3 is 2.96 bits per heavy atom. The number of amides is 1. The number of allylic oxidation sites excluding steroid dienone is 1. The molecule has 3 rings (SSSR count). The molecule has 4 nitrogen and oxygen atoms in total. The Hall–Kier alpha value is -2.27. The third-order valence-electron chi connectivity index (χ3n) is 4.05. The number of nitrogens with one attached hydrogen (secondary N) is 1. The van der Waals surface area contributed by atoms with Crippen molar-refractivity contribution >= 4 is 22.9 Å². The Kier molecular flexibility index (Phi) is 5.54. The first kappa shape index (κ1) is 16.6. The predicted octanol–water partition coefficient (Wildman–Crippen LogP) is 4.12. The van der Waals surface area contributed by atoms with Gasteiger partial charge in [-0.15, -0.1) is 11.3 Å². The van der Waals surface area contributed by atoms with Crippen LogP contribution >= 0.6 is 11.3 Å². The molecule has 126 valence electrons. The molecule has 0 radical (unpaired) electrons. The van der Waals surface area contributed by atoms with E-state index in [2.05, 4.69) is 23.5 Å². The molecule has 1 amide bonds. The summed E-state index contributed by atoms with van der Waals surface area (Å²) in [5, 5.41) is 5.39. The number of hydrogen-bond donors (Lipinski definition) is 1. The van der Waals surface area contributed by atoms with Crippen LogP contribution in [0.2, 0.25) is 0 Å². The van der Waals surface area contributed by atoms with E-state index in [1.165, 1.54) is 11.3 Å². The maximum atomic E-state index is 12.4. The summed E-state index contributed by atoms with van der Waals surface area (Å²) in [6.45, 7) is 1.34. The predicted molar refractivity (Wildman–Crippen MR) is 98.3 cm³/mol. The fourth-order valence-electron chi connectivity index (χ4n) is 2.71. The minimum atomic E-state index is 0.0561. The van der Waals surface area contributed by atoms with Gasteiger partial charge in [-0.2, -0.15) is 0 Å². The molecule has 0 fully saturated rings. The largest absolute Gasteiger partial charge is 0.497 e. The van der Waals surface area contributed by atoms with Crippen LogP contribution in [0.5, 0.6) is 0 Å². The Bertz CT molecular complexity index is 697. The van der Waals surface area contributed by atoms with Crippen molar-refractivity contribution in [1.82, 2.24) is 4.90 Å². The van der Waals surface area contributed by atoms with Crippen molar-refractivity contribution in [3.63, 3.8) is 0 Å². The highest BCUT2D eigenvalue weighted by atomic mass is 32.1. The van der Waals surface area contributed by atoms with Crippen LogP contribution in [0.1, 0.15) is 28.1 Å². The van der Waals surface area contributed by atoms with Crippen LogP contribution in [0, 0.1) is 0 Å². The number of ether oxygens (including phenoxy) is 1. The second-order valence-corrected chi connectivity index (χ2v) is 6.83. The van der Waals surface area contributed by atoms with Gasteiger partial charge in [-0.1, -0.05) is 24.3 Å². The van der Waals surface area contributed by atoms with Crippen molar-refractivity contribution in [2.45, 2.75) is 25.5 Å². The molecule has 1 aromatic heterocycles. The molecule has 1 N–H and O–H groups in total. The number of benzene rings is 1. The van der Waals surface area contributed by atoms with Gasteiger partial charge in [-0.05, 0) is 42.0 Å². The summed E-state index contributed by atoms with van der Waals surface area (Å²) in [5.74, 6) is 0.0561. The molecule has 0 bridgehead atoms. The van der Waals surface area contributed by atoms with Gasteiger partial charge >= 0.3 is 0 Å². The second kappa shape index (κ2) is 8.02. The van der Waals surface area contributed by atoms with Crippen molar-refractivity contribution in [2.75, 3.05) is 18.9 Å². The van der Waals surface area contributed by atoms with Gasteiger partial charge in [0.1, 0.15) is 6.10 Å². The summed E-state index contributed by atoms with van der Waals surface area (Å²) in [5.41, 5.74) is 2.16. The Morgan fingerprint density at radius 1 is 1.33 bits per heavy atom. The van der Waals surface area contributed by atoms with Gasteiger partial charge in [0.05, 0.1) is 17.7 Å². The maximum absolute atomic E-state index is 12.4. The van der Waals surface area contributed by atoms with E-state index in [1.54, 1.807) is 11.2 Å². The van der Waals surface area contributed by atoms with Crippen LogP contribution in [-0.4, -0.2) is 30.5 Å². The first-order valence-electron chi connectivity index (χ1n) is 8.15. The molecule has 0 aliphatic carbocycles. The zero-order valence-electron chi connectivity index (χ0n) is 13.8. The number of hydrogen-bond acceptors (Lipinski definition) is 4. The van der Waals surface area contributed by atoms with Crippen LogP contribution in [0.15, 0.2) is 54.1 Å². The van der Waals surface area contributed by atoms with Crippen molar-refractivity contribution in [2.24, 2.45) is 0 Å². The number of carbonyl (C=O) groups is 1. The standard InChI is InChI=1S/C19H22N2O2S/c1-21(19(22)18-10-6-12-24-18)14-15-7-2-3-9-17(15)20-13-16-8-4-5-11-23-16/h2-3,5-7,9-12,16,20H,4,8,13-14H2,1H3. The molecule has 24 heavy (non-hydrogen) atoms. The number of anilines is 1. The second-order valence-electron chi connectivity index (χ2n) is 5.88. The molecule has 1 aliphatic rings. The summed E-state index contributed by atoms with van der Waals surface area (Å²) >= 11 is 1.47. The highest BCUT2D eigenvalue weighted by Gasteiger charge is 2.15. The number of thiophene rings is 1. The minimum Gasteiger partial charge on any atom is -0.497 e. The van der Waals surface area contributed by atoms with E-state index in [4.69, 9.17) is 4.74 Å². The van der Waals surface area contributed by atoms with E-state index in [0.29, 0.717) is 6.54 Å². The molecule has 2 aromatic rings. The fraction of sp³-hybridized carbons (Fsp3) is 0.316. The lowest BCUT2D eigenvalue weighted by Gasteiger charge is -2.23. The molecule has 0 spiro atoms. The van der Waals surface area contributed by atoms with Crippen LogP contribution < -0.4 is 5.32 Å². The average molecular weight is 342 g/mol. The maximum Gasteiger partial charge on any atom is 0.263 e. The first-order chi connectivity index (χ1) is 11.7. The Balaban J connectivity index is 1.63. The highest BCUT2D eigenvalue weighted by Crippen LogP contribution is 2.20. The van der Waals surface area contributed by atoms with Crippen LogP contribution in [0.4, 0.5) is 5.69 Å². The van der Waals surface area contributed by atoms with Crippen molar-refractivity contribution in [1.29, 1.82) is 0 Å². The van der Waals surface area contributed by atoms with Crippen LogP contribution in [-0.2, 0) is 11.3 Å². The quantitative estimate of drug-likeness (QED) is 0.858. The molecule has 1 unspecified atom stereocenters. The molecular formula is C19H22N2O2S. The zero-order valence-corrected chi connectivity index (χ0v) is 14.6. The van der Waals surface area contributed by atoms with Gasteiger partial charge in [0, 0.05) is 19.3 Å². The molecule has 1 atom stereocenters. The summed E-state index contributed by atoms with van der Waals surface area (Å²) < 4.78 is 5.60. The third kappa shape index (κ3) is 4.17. The smallest absolute Gasteiger partial charge is 0.263 e. The van der Waals surface area contributed by atoms with E-state index in [1.807, 2.05) is 36.7 Å². The van der Waals surface area contributed by atoms with Gasteiger partial charge < -0.3 is 15.0 Å². The van der Waals surface area contributed by atoms with Crippen molar-refractivity contribution in [3.05, 3.63) is 64.6 Å². The number of rotatable bonds is 6. The van der Waals surface area contributed by atoms with E-state index in [-0.39, 0.29) is 12.0 Å². The lowest BCUT2D eigenvalue weighted by Crippen LogP contribution is -2.27. The highest BCUT2D eigenvalue weighted by molar-refractivity contribution is 7.12. The van der Waals surface area contributed by atoms with E-state index in [9.17, 15) is 4.79 Å². The van der Waals surface area contributed by atoms with Gasteiger partial charge in [-0.3, -0.25) is 4.79 Å². The normalized spacial score (nSPS) is 16.5. The third-order valence-corrected chi connectivity index (χ3v) is 4.90.